The monoisotopic (exact) mass is 191 g/mol. The number of carbonyl (C=O) groups excluding carboxylic acids is 1. The van der Waals surface area contributed by atoms with Gasteiger partial charge in [-0.3, -0.25) is 9.59 Å². The van der Waals surface area contributed by atoms with E-state index in [0.29, 0.717) is 0 Å². The van der Waals surface area contributed by atoms with E-state index in [1.807, 2.05) is 5.32 Å². The summed E-state index contributed by atoms with van der Waals surface area (Å²) >= 11 is 0. The Morgan fingerprint density at radius 3 is 2.23 bits per heavy atom. The van der Waals surface area contributed by atoms with Crippen LogP contribution in [0.5, 0.6) is 0 Å². The summed E-state index contributed by atoms with van der Waals surface area (Å²) < 4.78 is 0. The molecule has 0 saturated heterocycles. The van der Waals surface area contributed by atoms with Crippen molar-refractivity contribution in [1.82, 2.24) is 5.32 Å². The first-order chi connectivity index (χ1) is 5.93. The fraction of sp³-hybridized carbons (Fsp3) is 0.714. The van der Waals surface area contributed by atoms with Crippen LogP contribution in [0.25, 0.3) is 0 Å². The van der Waals surface area contributed by atoms with Crippen LogP contribution in [0.3, 0.4) is 0 Å². The molecule has 2 unspecified atom stereocenters. The first-order valence-corrected chi connectivity index (χ1v) is 3.80. The molecule has 0 aliphatic rings. The Hall–Kier alpha value is -1.14. The molecular formula is C7H13NO5. The van der Waals surface area contributed by atoms with Gasteiger partial charge in [0, 0.05) is 6.42 Å². The van der Waals surface area contributed by atoms with Crippen molar-refractivity contribution in [3.63, 3.8) is 0 Å². The van der Waals surface area contributed by atoms with Crippen molar-refractivity contribution in [2.45, 2.75) is 32.1 Å². The number of nitrogens with one attached hydrogen (secondary N) is 1. The van der Waals surface area contributed by atoms with Gasteiger partial charge in [-0.1, -0.05) is 0 Å². The minimum absolute atomic E-state index is 0.209. The van der Waals surface area contributed by atoms with Gasteiger partial charge in [-0.05, 0) is 6.92 Å². The summed E-state index contributed by atoms with van der Waals surface area (Å²) in [4.78, 5) is 20.8. The number of carbonyl (C=O) groups is 2. The number of carboxylic acids is 1. The minimum Gasteiger partial charge on any atom is -0.481 e. The average molecular weight is 191 g/mol. The van der Waals surface area contributed by atoms with E-state index in [0.717, 1.165) is 0 Å². The second-order valence-electron chi connectivity index (χ2n) is 2.65. The largest absolute Gasteiger partial charge is 0.481 e. The third-order valence-electron chi connectivity index (χ3n) is 1.33. The van der Waals surface area contributed by atoms with Crippen LogP contribution in [0, 0.1) is 0 Å². The normalized spacial score (nSPS) is 14.7. The van der Waals surface area contributed by atoms with E-state index >= 15 is 0 Å². The predicted octanol–water partition coefficient (Wildman–Crippen LogP) is -1.33. The fourth-order valence-corrected chi connectivity index (χ4v) is 0.578. The second-order valence-corrected chi connectivity index (χ2v) is 2.65. The van der Waals surface area contributed by atoms with Gasteiger partial charge < -0.3 is 20.6 Å². The van der Waals surface area contributed by atoms with Crippen molar-refractivity contribution in [3.8, 4) is 0 Å². The summed E-state index contributed by atoms with van der Waals surface area (Å²) in [6, 6.07) is 0. The lowest BCUT2D eigenvalue weighted by Gasteiger charge is -2.14. The number of carboxylic acid groups (broad SMARTS) is 1. The highest BCUT2D eigenvalue weighted by atomic mass is 16.4. The zero-order valence-electron chi connectivity index (χ0n) is 7.23. The molecule has 0 spiro atoms. The van der Waals surface area contributed by atoms with Crippen LogP contribution < -0.4 is 5.32 Å². The van der Waals surface area contributed by atoms with Gasteiger partial charge >= 0.3 is 5.97 Å². The van der Waals surface area contributed by atoms with Crippen molar-refractivity contribution in [3.05, 3.63) is 0 Å². The summed E-state index contributed by atoms with van der Waals surface area (Å²) in [6.45, 7) is 1.31. The molecule has 0 rings (SSSR count). The predicted molar refractivity (Wildman–Crippen MR) is 42.7 cm³/mol. The van der Waals surface area contributed by atoms with Crippen molar-refractivity contribution in [2.75, 3.05) is 0 Å². The molecular weight excluding hydrogens is 178 g/mol. The maximum Gasteiger partial charge on any atom is 0.303 e. The number of rotatable bonds is 5. The molecule has 2 atom stereocenters. The number of aliphatic carboxylic acids is 1. The van der Waals surface area contributed by atoms with Crippen molar-refractivity contribution in [2.24, 2.45) is 0 Å². The van der Waals surface area contributed by atoms with Crippen LogP contribution in [0.2, 0.25) is 0 Å². The molecule has 0 aromatic rings. The molecule has 0 aromatic heterocycles. The number of aliphatic hydroxyl groups excluding tert-OH is 2. The number of hydrogen-bond donors (Lipinski definition) is 4. The molecule has 0 bridgehead atoms. The SMILES string of the molecule is CC(O)C(O)NC(=O)CCC(=O)O. The minimum atomic E-state index is -1.35. The third-order valence-corrected chi connectivity index (χ3v) is 1.33. The Morgan fingerprint density at radius 2 is 1.85 bits per heavy atom. The maximum absolute atomic E-state index is 10.8. The van der Waals surface area contributed by atoms with Crippen LogP contribution >= 0.6 is 0 Å². The Bertz CT molecular complexity index is 191. The van der Waals surface area contributed by atoms with E-state index in [4.69, 9.17) is 15.3 Å². The van der Waals surface area contributed by atoms with Gasteiger partial charge in [0.1, 0.15) is 0 Å². The number of amides is 1. The Balaban J connectivity index is 3.68. The Kier molecular flexibility index (Phi) is 5.01. The molecule has 0 aromatic carbocycles. The molecule has 0 saturated carbocycles. The zero-order chi connectivity index (χ0) is 10.4. The lowest BCUT2D eigenvalue weighted by molar-refractivity contribution is -0.139. The van der Waals surface area contributed by atoms with Gasteiger partial charge in [-0.15, -0.1) is 0 Å². The highest BCUT2D eigenvalue weighted by molar-refractivity contribution is 5.80. The quantitative estimate of drug-likeness (QED) is 0.403. The lowest BCUT2D eigenvalue weighted by Crippen LogP contribution is -2.41. The highest BCUT2D eigenvalue weighted by Gasteiger charge is 2.14. The van der Waals surface area contributed by atoms with Crippen molar-refractivity contribution < 1.29 is 24.9 Å². The van der Waals surface area contributed by atoms with Crippen LogP contribution in [0.1, 0.15) is 19.8 Å². The van der Waals surface area contributed by atoms with Crippen LogP contribution in [-0.4, -0.2) is 39.5 Å². The summed E-state index contributed by atoms with van der Waals surface area (Å²) in [7, 11) is 0. The fourth-order valence-electron chi connectivity index (χ4n) is 0.578. The molecule has 0 radical (unpaired) electrons. The standard InChI is InChI=1S/C7H13NO5/c1-4(9)7(13)8-5(10)2-3-6(11)12/h4,7,9,13H,2-3H2,1H3,(H,8,10)(H,11,12). The zero-order valence-corrected chi connectivity index (χ0v) is 7.23. The van der Waals surface area contributed by atoms with Gasteiger partial charge in [0.05, 0.1) is 12.5 Å². The summed E-state index contributed by atoms with van der Waals surface area (Å²) in [5, 5.41) is 28.0. The van der Waals surface area contributed by atoms with E-state index in [9.17, 15) is 9.59 Å². The molecule has 0 fully saturated rings. The van der Waals surface area contributed by atoms with E-state index in [2.05, 4.69) is 0 Å². The topological polar surface area (TPSA) is 107 Å². The van der Waals surface area contributed by atoms with E-state index < -0.39 is 24.2 Å². The summed E-state index contributed by atoms with van der Waals surface area (Å²) in [5.74, 6) is -1.68. The van der Waals surface area contributed by atoms with Gasteiger partial charge in [0.15, 0.2) is 6.23 Å². The Morgan fingerprint density at radius 1 is 1.31 bits per heavy atom. The van der Waals surface area contributed by atoms with Crippen LogP contribution in [0.15, 0.2) is 0 Å². The number of hydrogen-bond acceptors (Lipinski definition) is 4. The molecule has 6 heteroatoms. The maximum atomic E-state index is 10.8. The van der Waals surface area contributed by atoms with Crippen molar-refractivity contribution >= 4 is 11.9 Å². The van der Waals surface area contributed by atoms with E-state index in [1.54, 1.807) is 0 Å². The van der Waals surface area contributed by atoms with Crippen LogP contribution in [-0.2, 0) is 9.59 Å². The first-order valence-electron chi connectivity index (χ1n) is 3.80. The molecule has 0 aliphatic carbocycles. The molecule has 1 amide bonds. The lowest BCUT2D eigenvalue weighted by atomic mass is 10.3. The van der Waals surface area contributed by atoms with Gasteiger partial charge in [-0.2, -0.15) is 0 Å². The van der Waals surface area contributed by atoms with Gasteiger partial charge in [-0.25, -0.2) is 0 Å². The third kappa shape index (κ3) is 6.06. The second kappa shape index (κ2) is 5.50. The summed E-state index contributed by atoms with van der Waals surface area (Å²) in [6.07, 6.45) is -2.92. The molecule has 0 heterocycles. The van der Waals surface area contributed by atoms with Crippen LogP contribution in [0.4, 0.5) is 0 Å². The molecule has 76 valence electrons. The van der Waals surface area contributed by atoms with E-state index in [1.165, 1.54) is 6.92 Å². The number of aliphatic hydroxyl groups is 2. The smallest absolute Gasteiger partial charge is 0.303 e. The molecule has 13 heavy (non-hydrogen) atoms. The molecule has 4 N–H and O–H groups in total. The molecule has 0 aliphatic heterocycles. The molecule has 6 nitrogen and oxygen atoms in total. The van der Waals surface area contributed by atoms with Gasteiger partial charge in [0.25, 0.3) is 0 Å². The van der Waals surface area contributed by atoms with Crippen molar-refractivity contribution in [1.29, 1.82) is 0 Å². The first kappa shape index (κ1) is 11.9. The highest BCUT2D eigenvalue weighted by Crippen LogP contribution is 1.92. The van der Waals surface area contributed by atoms with Gasteiger partial charge in [0.2, 0.25) is 5.91 Å². The summed E-state index contributed by atoms with van der Waals surface area (Å²) in [5.41, 5.74) is 0. The van der Waals surface area contributed by atoms with E-state index in [-0.39, 0.29) is 12.8 Å². The average Bonchev–Trinajstić information content (AvgIpc) is 2.00. The Labute approximate surface area is 75.2 Å².